The first kappa shape index (κ1) is 14.3. The molecular weight excluding hydrogens is 332 g/mol. The van der Waals surface area contributed by atoms with Crippen LogP contribution in [0.5, 0.6) is 0 Å². The van der Waals surface area contributed by atoms with Crippen molar-refractivity contribution in [2.45, 2.75) is 33.4 Å². The molecule has 0 radical (unpaired) electrons. The fraction of sp³-hybridized carbons (Fsp3) is 0.100. The molecule has 0 atom stereocenters. The molecule has 3 aromatic carbocycles. The van der Waals surface area contributed by atoms with Crippen molar-refractivity contribution in [2.24, 2.45) is 9.98 Å². The monoisotopic (exact) mass is 346 g/mol. The number of fused-ring (bicyclic) bond motifs is 4. The molecule has 3 aromatic rings. The van der Waals surface area contributed by atoms with Gasteiger partial charge >= 0.3 is 0 Å². The van der Waals surface area contributed by atoms with Gasteiger partial charge in [-0.15, -0.1) is 0 Å². The second-order valence-electron chi connectivity index (χ2n) is 6.04. The Morgan fingerprint density at radius 2 is 1.42 bits per heavy atom. The first-order chi connectivity index (χ1) is 11.7. The summed E-state index contributed by atoms with van der Waals surface area (Å²) < 4.78 is 0. The molecule has 2 nitrogen and oxygen atoms in total. The van der Waals surface area contributed by atoms with Crippen LogP contribution in [0.2, 0.25) is 0 Å². The summed E-state index contributed by atoms with van der Waals surface area (Å²) >= 11 is 3.58. The molecule has 2 heterocycles. The molecule has 116 valence electrons. The normalized spacial score (nSPS) is 13.8. The number of benzene rings is 3. The average Bonchev–Trinajstić information content (AvgIpc) is 2.60. The minimum atomic E-state index is 1.05. The maximum Gasteiger partial charge on any atom is 0.0808 e. The van der Waals surface area contributed by atoms with E-state index in [9.17, 15) is 0 Å². The number of rotatable bonds is 0. The van der Waals surface area contributed by atoms with Crippen LogP contribution < -0.4 is 10.7 Å². The molecule has 0 unspecified atom stereocenters. The fourth-order valence-electron chi connectivity index (χ4n) is 3.00. The van der Waals surface area contributed by atoms with E-state index < -0.39 is 0 Å². The molecule has 2 aliphatic rings. The predicted molar refractivity (Wildman–Crippen MR) is 98.7 cm³/mol. The average molecular weight is 346 g/mol. The van der Waals surface area contributed by atoms with E-state index in [1.807, 2.05) is 6.07 Å². The van der Waals surface area contributed by atoms with Crippen molar-refractivity contribution < 1.29 is 0 Å². The summed E-state index contributed by atoms with van der Waals surface area (Å²) in [5, 5.41) is 2.11. The van der Waals surface area contributed by atoms with Crippen LogP contribution in [0.3, 0.4) is 0 Å². The van der Waals surface area contributed by atoms with E-state index in [0.29, 0.717) is 0 Å². The third kappa shape index (κ3) is 2.14. The number of nitrogens with zero attached hydrogens (tertiary/aromatic N) is 2. The van der Waals surface area contributed by atoms with Crippen molar-refractivity contribution in [3.05, 3.63) is 70.4 Å². The summed E-state index contributed by atoms with van der Waals surface area (Å²) in [6, 6.07) is 17.0. The molecular formula is C20H14N2S2. The first-order valence-corrected chi connectivity index (χ1v) is 9.49. The minimum Gasteiger partial charge on any atom is -0.247 e. The zero-order valence-corrected chi connectivity index (χ0v) is 15.0. The van der Waals surface area contributed by atoms with Crippen molar-refractivity contribution in [1.82, 2.24) is 0 Å². The van der Waals surface area contributed by atoms with Crippen LogP contribution in [-0.2, 0) is 0 Å². The molecule has 0 bridgehead atoms. The van der Waals surface area contributed by atoms with Crippen LogP contribution in [0.25, 0.3) is 0 Å². The Hall–Kier alpha value is -2.04. The van der Waals surface area contributed by atoms with Gasteiger partial charge in [0, 0.05) is 19.6 Å². The van der Waals surface area contributed by atoms with E-state index in [1.54, 1.807) is 23.5 Å². The standard InChI is InChI=1S/C20H14N2S2/c1-11-7-8-17-20(12(11)2)22-15-10-18-14(9-19(15)24-17)21-13-5-3-4-6-16(13)23-18/h3-10H,1-2H3. The summed E-state index contributed by atoms with van der Waals surface area (Å²) in [5.41, 5.74) is 4.73. The molecule has 0 aromatic heterocycles. The summed E-state index contributed by atoms with van der Waals surface area (Å²) in [5.74, 6) is 0. The van der Waals surface area contributed by atoms with Crippen LogP contribution in [-0.4, -0.2) is 0 Å². The minimum absolute atomic E-state index is 1.05. The highest BCUT2D eigenvalue weighted by Gasteiger charge is 2.18. The van der Waals surface area contributed by atoms with Gasteiger partial charge in [-0.25, -0.2) is 9.98 Å². The smallest absolute Gasteiger partial charge is 0.0808 e. The van der Waals surface area contributed by atoms with Crippen LogP contribution in [0, 0.1) is 13.8 Å². The van der Waals surface area contributed by atoms with Gasteiger partial charge in [-0.05, 0) is 55.3 Å². The zero-order valence-electron chi connectivity index (χ0n) is 13.3. The van der Waals surface area contributed by atoms with E-state index in [2.05, 4.69) is 56.3 Å². The molecule has 0 N–H and O–H groups in total. The maximum atomic E-state index is 4.96. The Bertz CT molecular complexity index is 1130. The van der Waals surface area contributed by atoms with Gasteiger partial charge in [0.15, 0.2) is 0 Å². The summed E-state index contributed by atoms with van der Waals surface area (Å²) in [7, 11) is 0. The fourth-order valence-corrected chi connectivity index (χ4v) is 5.03. The molecule has 2 aliphatic heterocycles. The summed E-state index contributed by atoms with van der Waals surface area (Å²) in [6.07, 6.45) is 0. The van der Waals surface area contributed by atoms with E-state index in [1.165, 1.54) is 30.7 Å². The highest BCUT2D eigenvalue weighted by molar-refractivity contribution is 8.00. The zero-order chi connectivity index (χ0) is 16.3. The lowest BCUT2D eigenvalue weighted by Crippen LogP contribution is -2.18. The van der Waals surface area contributed by atoms with Crippen molar-refractivity contribution in [1.29, 1.82) is 0 Å². The first-order valence-electron chi connectivity index (χ1n) is 7.85. The van der Waals surface area contributed by atoms with Gasteiger partial charge in [0.1, 0.15) is 0 Å². The lowest BCUT2D eigenvalue weighted by atomic mass is 10.1. The lowest BCUT2D eigenvalue weighted by Gasteiger charge is -2.17. The van der Waals surface area contributed by atoms with Gasteiger partial charge in [0.05, 0.1) is 22.1 Å². The third-order valence-corrected chi connectivity index (χ3v) is 6.69. The molecule has 0 aliphatic carbocycles. The second-order valence-corrected chi connectivity index (χ2v) is 8.20. The van der Waals surface area contributed by atoms with Gasteiger partial charge in [0.25, 0.3) is 0 Å². The van der Waals surface area contributed by atoms with Crippen molar-refractivity contribution in [3.8, 4) is 0 Å². The highest BCUT2D eigenvalue weighted by Crippen LogP contribution is 2.41. The molecule has 0 fully saturated rings. The lowest BCUT2D eigenvalue weighted by molar-refractivity contribution is 1.06. The molecule has 0 saturated heterocycles. The second kappa shape index (κ2) is 5.23. The van der Waals surface area contributed by atoms with Crippen molar-refractivity contribution in [3.63, 3.8) is 0 Å². The topological polar surface area (TPSA) is 24.7 Å². The predicted octanol–water partition coefficient (Wildman–Crippen LogP) is 5.14. The third-order valence-electron chi connectivity index (χ3n) is 4.48. The highest BCUT2D eigenvalue weighted by atomic mass is 32.2. The van der Waals surface area contributed by atoms with Crippen LogP contribution in [0.1, 0.15) is 11.1 Å². The van der Waals surface area contributed by atoms with Gasteiger partial charge < -0.3 is 0 Å². The Labute approximate surface area is 148 Å². The van der Waals surface area contributed by atoms with Crippen LogP contribution in [0.4, 0.5) is 11.4 Å². The van der Waals surface area contributed by atoms with E-state index >= 15 is 0 Å². The molecule has 5 rings (SSSR count). The van der Waals surface area contributed by atoms with Gasteiger partial charge in [-0.1, -0.05) is 41.7 Å². The SMILES string of the molecule is Cc1ccc2c(c1C)N=c1cc3c(cc1S2)=Nc1ccccc1S3. The van der Waals surface area contributed by atoms with Gasteiger partial charge in [0.2, 0.25) is 0 Å². The van der Waals surface area contributed by atoms with E-state index in [0.717, 1.165) is 22.1 Å². The number of hydrogen-bond acceptors (Lipinski definition) is 4. The Morgan fingerprint density at radius 1 is 0.708 bits per heavy atom. The molecule has 4 heteroatoms. The summed E-state index contributed by atoms with van der Waals surface area (Å²) in [6.45, 7) is 4.30. The maximum absolute atomic E-state index is 4.96. The van der Waals surface area contributed by atoms with Gasteiger partial charge in [-0.3, -0.25) is 0 Å². The van der Waals surface area contributed by atoms with Gasteiger partial charge in [-0.2, -0.15) is 0 Å². The van der Waals surface area contributed by atoms with E-state index in [-0.39, 0.29) is 0 Å². The quantitative estimate of drug-likeness (QED) is 0.388. The van der Waals surface area contributed by atoms with Crippen molar-refractivity contribution in [2.75, 3.05) is 0 Å². The molecule has 0 amide bonds. The Kier molecular flexibility index (Phi) is 3.12. The number of aryl methyl sites for hydroxylation is 1. The summed E-state index contributed by atoms with van der Waals surface area (Å²) in [4.78, 5) is 14.6. The van der Waals surface area contributed by atoms with Crippen molar-refractivity contribution >= 4 is 34.9 Å². The molecule has 0 spiro atoms. The largest absolute Gasteiger partial charge is 0.247 e. The Balaban J connectivity index is 1.76. The Morgan fingerprint density at radius 3 is 2.25 bits per heavy atom. The van der Waals surface area contributed by atoms with Crippen LogP contribution in [0.15, 0.2) is 78.1 Å². The number of para-hydroxylation sites is 1. The van der Waals surface area contributed by atoms with E-state index in [4.69, 9.17) is 9.98 Å². The van der Waals surface area contributed by atoms with Crippen LogP contribution >= 0.6 is 23.5 Å². The molecule has 0 saturated carbocycles. The number of hydrogen-bond donors (Lipinski definition) is 0. The molecule has 24 heavy (non-hydrogen) atoms.